The van der Waals surface area contributed by atoms with Crippen molar-refractivity contribution in [3.8, 4) is 11.5 Å². The molecule has 0 spiro atoms. The highest BCUT2D eigenvalue weighted by Gasteiger charge is 2.12. The highest BCUT2D eigenvalue weighted by atomic mass is 19.3. The van der Waals surface area contributed by atoms with Crippen molar-refractivity contribution in [2.24, 2.45) is 12.0 Å². The minimum atomic E-state index is -2.92. The lowest BCUT2D eigenvalue weighted by atomic mass is 10.2. The molecule has 0 atom stereocenters. The molecule has 0 amide bonds. The van der Waals surface area contributed by atoms with Crippen LogP contribution in [-0.2, 0) is 20.1 Å². The SMILES string of the molecule is CCCOc1ccc(CNC(=NC)NCc2ncnn2C)c(OC(F)F)c1. The van der Waals surface area contributed by atoms with Crippen molar-refractivity contribution in [3.63, 3.8) is 0 Å². The monoisotopic (exact) mass is 382 g/mol. The predicted octanol–water partition coefficient (Wildman–Crippen LogP) is 2.07. The number of aliphatic imine (C=N–C) groups is 1. The van der Waals surface area contributed by atoms with Crippen LogP contribution in [0.3, 0.4) is 0 Å². The van der Waals surface area contributed by atoms with Crippen LogP contribution >= 0.6 is 0 Å². The Labute approximate surface area is 156 Å². The number of nitrogens with one attached hydrogen (secondary N) is 2. The summed E-state index contributed by atoms with van der Waals surface area (Å²) in [6.07, 6.45) is 2.28. The summed E-state index contributed by atoms with van der Waals surface area (Å²) in [7, 11) is 3.40. The Morgan fingerprint density at radius 2 is 2.07 bits per heavy atom. The van der Waals surface area contributed by atoms with E-state index in [1.165, 1.54) is 12.4 Å². The Morgan fingerprint density at radius 1 is 1.30 bits per heavy atom. The largest absolute Gasteiger partial charge is 0.493 e. The quantitative estimate of drug-likeness (QED) is 0.510. The van der Waals surface area contributed by atoms with E-state index in [9.17, 15) is 8.78 Å². The predicted molar refractivity (Wildman–Crippen MR) is 96.9 cm³/mol. The highest BCUT2D eigenvalue weighted by Crippen LogP contribution is 2.26. The molecule has 0 fully saturated rings. The molecule has 0 aliphatic rings. The Hall–Kier alpha value is -2.91. The average molecular weight is 382 g/mol. The first-order valence-corrected chi connectivity index (χ1v) is 8.51. The molecule has 0 unspecified atom stereocenters. The van der Waals surface area contributed by atoms with Gasteiger partial charge in [-0.15, -0.1) is 0 Å². The molecule has 1 heterocycles. The van der Waals surface area contributed by atoms with Crippen LogP contribution in [0.4, 0.5) is 8.78 Å². The molecule has 10 heteroatoms. The number of aromatic nitrogens is 3. The fourth-order valence-electron chi connectivity index (χ4n) is 2.24. The third-order valence-electron chi connectivity index (χ3n) is 3.62. The summed E-state index contributed by atoms with van der Waals surface area (Å²) in [5.74, 6) is 1.78. The zero-order chi connectivity index (χ0) is 19.6. The van der Waals surface area contributed by atoms with E-state index in [0.29, 0.717) is 30.4 Å². The number of guanidine groups is 1. The zero-order valence-corrected chi connectivity index (χ0v) is 15.6. The smallest absolute Gasteiger partial charge is 0.387 e. The summed E-state index contributed by atoms with van der Waals surface area (Å²) in [5, 5.41) is 10.1. The van der Waals surface area contributed by atoms with Gasteiger partial charge in [-0.3, -0.25) is 9.67 Å². The summed E-state index contributed by atoms with van der Waals surface area (Å²) in [6.45, 7) is 0.215. The van der Waals surface area contributed by atoms with Crippen molar-refractivity contribution < 1.29 is 18.3 Å². The van der Waals surface area contributed by atoms with E-state index in [4.69, 9.17) is 4.74 Å². The number of nitrogens with zero attached hydrogens (tertiary/aromatic N) is 4. The first-order chi connectivity index (χ1) is 13.0. The lowest BCUT2D eigenvalue weighted by molar-refractivity contribution is -0.0505. The normalized spacial score (nSPS) is 11.6. The van der Waals surface area contributed by atoms with E-state index >= 15 is 0 Å². The van der Waals surface area contributed by atoms with Crippen molar-refractivity contribution in [1.29, 1.82) is 0 Å². The van der Waals surface area contributed by atoms with E-state index in [1.807, 2.05) is 6.92 Å². The molecule has 8 nitrogen and oxygen atoms in total. The average Bonchev–Trinajstić information content (AvgIpc) is 3.05. The molecule has 2 aromatic rings. The van der Waals surface area contributed by atoms with Crippen LogP contribution in [0.2, 0.25) is 0 Å². The van der Waals surface area contributed by atoms with E-state index in [0.717, 1.165) is 12.2 Å². The Kier molecular flexibility index (Phi) is 7.78. The molecule has 2 rings (SSSR count). The molecular weight excluding hydrogens is 358 g/mol. The Bertz CT molecular complexity index is 751. The van der Waals surface area contributed by atoms with Gasteiger partial charge in [0.2, 0.25) is 0 Å². The van der Waals surface area contributed by atoms with Gasteiger partial charge in [-0.1, -0.05) is 6.92 Å². The van der Waals surface area contributed by atoms with Gasteiger partial charge in [0.15, 0.2) is 5.96 Å². The molecule has 1 aromatic carbocycles. The van der Waals surface area contributed by atoms with Crippen molar-refractivity contribution >= 4 is 5.96 Å². The summed E-state index contributed by atoms with van der Waals surface area (Å²) in [5.41, 5.74) is 0.556. The molecule has 0 saturated carbocycles. The van der Waals surface area contributed by atoms with Gasteiger partial charge in [0, 0.05) is 32.3 Å². The standard InChI is InChI=1S/C17H24F2N6O2/c1-4-7-26-13-6-5-12(14(8-13)27-16(18)19)9-21-17(20-2)22-10-15-23-11-24-25(15)3/h5-6,8,11,16H,4,7,9-10H2,1-3H3,(H2,20,21,22). The lowest BCUT2D eigenvalue weighted by Gasteiger charge is -2.15. The molecule has 0 bridgehead atoms. The number of hydrogen-bond donors (Lipinski definition) is 2. The molecule has 0 aliphatic heterocycles. The first-order valence-electron chi connectivity index (χ1n) is 8.51. The number of ether oxygens (including phenoxy) is 2. The van der Waals surface area contributed by atoms with Gasteiger partial charge < -0.3 is 20.1 Å². The molecule has 2 N–H and O–H groups in total. The molecule has 1 aromatic heterocycles. The number of alkyl halides is 2. The van der Waals surface area contributed by atoms with Crippen LogP contribution in [0.5, 0.6) is 11.5 Å². The molecule has 0 radical (unpaired) electrons. The maximum atomic E-state index is 12.7. The van der Waals surface area contributed by atoms with Gasteiger partial charge >= 0.3 is 6.61 Å². The van der Waals surface area contributed by atoms with Crippen molar-refractivity contribution in [2.75, 3.05) is 13.7 Å². The van der Waals surface area contributed by atoms with Crippen molar-refractivity contribution in [1.82, 2.24) is 25.4 Å². The van der Waals surface area contributed by atoms with E-state index in [1.54, 1.807) is 30.9 Å². The van der Waals surface area contributed by atoms with Crippen LogP contribution in [0, 0.1) is 0 Å². The minimum absolute atomic E-state index is 0.0647. The fourth-order valence-corrected chi connectivity index (χ4v) is 2.24. The van der Waals surface area contributed by atoms with Crippen LogP contribution in [0.15, 0.2) is 29.5 Å². The number of halogens is 2. The second-order valence-corrected chi connectivity index (χ2v) is 5.58. The summed E-state index contributed by atoms with van der Waals surface area (Å²) >= 11 is 0. The van der Waals surface area contributed by atoms with Gasteiger partial charge in [0.1, 0.15) is 23.7 Å². The third-order valence-corrected chi connectivity index (χ3v) is 3.62. The Morgan fingerprint density at radius 3 is 2.70 bits per heavy atom. The molecule has 0 saturated heterocycles. The maximum Gasteiger partial charge on any atom is 0.387 e. The van der Waals surface area contributed by atoms with Gasteiger partial charge in [0.25, 0.3) is 0 Å². The van der Waals surface area contributed by atoms with Crippen molar-refractivity contribution in [3.05, 3.63) is 35.9 Å². The topological polar surface area (TPSA) is 85.6 Å². The van der Waals surface area contributed by atoms with Crippen LogP contribution in [0.1, 0.15) is 24.7 Å². The van der Waals surface area contributed by atoms with Gasteiger partial charge in [0.05, 0.1) is 13.2 Å². The first kappa shape index (κ1) is 20.4. The molecule has 0 aliphatic carbocycles. The highest BCUT2D eigenvalue weighted by molar-refractivity contribution is 5.79. The minimum Gasteiger partial charge on any atom is -0.493 e. The second-order valence-electron chi connectivity index (χ2n) is 5.58. The number of aryl methyl sites for hydroxylation is 1. The van der Waals surface area contributed by atoms with E-state index < -0.39 is 6.61 Å². The van der Waals surface area contributed by atoms with E-state index in [2.05, 4.69) is 30.4 Å². The van der Waals surface area contributed by atoms with Crippen LogP contribution in [0.25, 0.3) is 0 Å². The summed E-state index contributed by atoms with van der Waals surface area (Å²) in [6, 6.07) is 4.88. The maximum absolute atomic E-state index is 12.7. The molecular formula is C17H24F2N6O2. The number of rotatable bonds is 9. The van der Waals surface area contributed by atoms with Crippen molar-refractivity contribution in [2.45, 2.75) is 33.0 Å². The van der Waals surface area contributed by atoms with Gasteiger partial charge in [-0.2, -0.15) is 13.9 Å². The fraction of sp³-hybridized carbons (Fsp3) is 0.471. The van der Waals surface area contributed by atoms with Crippen LogP contribution in [-0.4, -0.2) is 41.0 Å². The molecule has 27 heavy (non-hydrogen) atoms. The zero-order valence-electron chi connectivity index (χ0n) is 15.6. The number of benzene rings is 1. The van der Waals surface area contributed by atoms with Gasteiger partial charge in [-0.05, 0) is 18.6 Å². The molecule has 148 valence electrons. The lowest BCUT2D eigenvalue weighted by Crippen LogP contribution is -2.37. The second kappa shape index (κ2) is 10.3. The van der Waals surface area contributed by atoms with Gasteiger partial charge in [-0.25, -0.2) is 4.98 Å². The Balaban J connectivity index is 2.00. The summed E-state index contributed by atoms with van der Waals surface area (Å²) < 4.78 is 37.2. The third kappa shape index (κ3) is 6.39. The number of hydrogen-bond acceptors (Lipinski definition) is 5. The van der Waals surface area contributed by atoms with Crippen LogP contribution < -0.4 is 20.1 Å². The van der Waals surface area contributed by atoms with E-state index in [-0.39, 0.29) is 12.3 Å². The summed E-state index contributed by atoms with van der Waals surface area (Å²) in [4.78, 5) is 8.21.